The minimum Gasteiger partial charge on any atom is -0.497 e. The second-order valence-corrected chi connectivity index (χ2v) is 7.78. The lowest BCUT2D eigenvalue weighted by Crippen LogP contribution is -2.41. The summed E-state index contributed by atoms with van der Waals surface area (Å²) in [5.41, 5.74) is 2.38. The fourth-order valence-corrected chi connectivity index (χ4v) is 3.97. The molecule has 2 aromatic rings. The van der Waals surface area contributed by atoms with Crippen molar-refractivity contribution in [2.75, 3.05) is 45.7 Å². The molecule has 160 valence electrons. The van der Waals surface area contributed by atoms with Gasteiger partial charge in [-0.3, -0.25) is 4.99 Å². The Labute approximate surface area is 195 Å². The number of hydrogen-bond donors (Lipinski definition) is 1. The Morgan fingerprint density at radius 3 is 2.83 bits per heavy atom. The first kappa shape index (κ1) is 23.7. The number of guanidine groups is 1. The Hall–Kier alpha value is -1.61. The Kier molecular flexibility index (Phi) is 8.95. The maximum Gasteiger partial charge on any atom is 0.193 e. The van der Waals surface area contributed by atoms with Crippen molar-refractivity contribution in [1.82, 2.24) is 14.8 Å². The number of ether oxygens (including phenoxy) is 1. The standard InChI is InChI=1S/C21H30ClN5O.HI/c1-23-21(26(3)15-19-10-17(22)14-25(19)2)24-12-16-8-9-27(13-16)18-6-5-7-20(11-18)28-4;/h5-7,10-11,14,16H,8-9,12-13,15H2,1-4H3,(H,23,24);1H. The van der Waals surface area contributed by atoms with Gasteiger partial charge < -0.3 is 24.4 Å². The van der Waals surface area contributed by atoms with Crippen molar-refractivity contribution < 1.29 is 4.74 Å². The van der Waals surface area contributed by atoms with Crippen molar-refractivity contribution in [2.45, 2.75) is 13.0 Å². The number of aromatic nitrogens is 1. The number of rotatable bonds is 6. The third kappa shape index (κ3) is 6.18. The molecule has 0 spiro atoms. The van der Waals surface area contributed by atoms with Gasteiger partial charge in [0.05, 0.1) is 18.7 Å². The summed E-state index contributed by atoms with van der Waals surface area (Å²) in [7, 11) is 7.60. The Morgan fingerprint density at radius 2 is 2.17 bits per heavy atom. The molecule has 2 heterocycles. The summed E-state index contributed by atoms with van der Waals surface area (Å²) >= 11 is 6.10. The second-order valence-electron chi connectivity index (χ2n) is 7.35. The highest BCUT2D eigenvalue weighted by molar-refractivity contribution is 14.0. The molecule has 1 aromatic heterocycles. The second kappa shape index (κ2) is 11.0. The predicted molar refractivity (Wildman–Crippen MR) is 132 cm³/mol. The lowest BCUT2D eigenvalue weighted by molar-refractivity contribution is 0.415. The van der Waals surface area contributed by atoms with Crippen molar-refractivity contribution in [3.63, 3.8) is 0 Å². The first-order valence-corrected chi connectivity index (χ1v) is 9.99. The number of nitrogens with zero attached hydrogens (tertiary/aromatic N) is 4. The molecular formula is C21H31ClIN5O. The Morgan fingerprint density at radius 1 is 1.38 bits per heavy atom. The number of anilines is 1. The molecular weight excluding hydrogens is 501 g/mol. The first-order chi connectivity index (χ1) is 13.5. The van der Waals surface area contributed by atoms with Gasteiger partial charge in [-0.1, -0.05) is 17.7 Å². The maximum absolute atomic E-state index is 6.10. The van der Waals surface area contributed by atoms with Crippen LogP contribution in [0.1, 0.15) is 12.1 Å². The van der Waals surface area contributed by atoms with Gasteiger partial charge in [-0.2, -0.15) is 0 Å². The fraction of sp³-hybridized carbons (Fsp3) is 0.476. The molecule has 0 radical (unpaired) electrons. The van der Waals surface area contributed by atoms with Gasteiger partial charge in [0.25, 0.3) is 0 Å². The van der Waals surface area contributed by atoms with Crippen LogP contribution in [-0.4, -0.2) is 56.3 Å². The van der Waals surface area contributed by atoms with E-state index in [1.165, 1.54) is 12.1 Å². The minimum absolute atomic E-state index is 0. The van der Waals surface area contributed by atoms with Gasteiger partial charge in [-0.05, 0) is 30.5 Å². The third-order valence-electron chi connectivity index (χ3n) is 5.30. The number of aryl methyl sites for hydroxylation is 1. The summed E-state index contributed by atoms with van der Waals surface area (Å²) in [6.07, 6.45) is 3.09. The average Bonchev–Trinajstić information content (AvgIpc) is 3.28. The van der Waals surface area contributed by atoms with Crippen molar-refractivity contribution >= 4 is 47.2 Å². The monoisotopic (exact) mass is 531 g/mol. The minimum atomic E-state index is 0. The van der Waals surface area contributed by atoms with E-state index in [0.29, 0.717) is 5.92 Å². The first-order valence-electron chi connectivity index (χ1n) is 9.61. The normalized spacial score (nSPS) is 16.5. The van der Waals surface area contributed by atoms with Crippen LogP contribution in [0.2, 0.25) is 5.02 Å². The highest BCUT2D eigenvalue weighted by Gasteiger charge is 2.23. The Balaban J connectivity index is 0.00000300. The molecule has 1 atom stereocenters. The zero-order chi connectivity index (χ0) is 20.1. The van der Waals surface area contributed by atoms with Crippen LogP contribution < -0.4 is 15.0 Å². The van der Waals surface area contributed by atoms with Gasteiger partial charge >= 0.3 is 0 Å². The summed E-state index contributed by atoms with van der Waals surface area (Å²) in [6, 6.07) is 10.3. The van der Waals surface area contributed by atoms with Crippen LogP contribution in [0.4, 0.5) is 5.69 Å². The number of halogens is 2. The van der Waals surface area contributed by atoms with E-state index in [1.54, 1.807) is 7.11 Å². The predicted octanol–water partition coefficient (Wildman–Crippen LogP) is 3.84. The van der Waals surface area contributed by atoms with Crippen molar-refractivity contribution in [1.29, 1.82) is 0 Å². The number of methoxy groups -OCH3 is 1. The van der Waals surface area contributed by atoms with E-state index >= 15 is 0 Å². The third-order valence-corrected chi connectivity index (χ3v) is 5.51. The number of benzene rings is 1. The lowest BCUT2D eigenvalue weighted by atomic mass is 10.1. The molecule has 0 bridgehead atoms. The van der Waals surface area contributed by atoms with Crippen LogP contribution in [0.5, 0.6) is 5.75 Å². The fourth-order valence-electron chi connectivity index (χ4n) is 3.70. The molecule has 0 amide bonds. The van der Waals surface area contributed by atoms with Gasteiger partial charge in [-0.15, -0.1) is 24.0 Å². The van der Waals surface area contributed by atoms with E-state index in [1.807, 2.05) is 45.5 Å². The zero-order valence-corrected chi connectivity index (χ0v) is 20.6. The molecule has 1 aromatic carbocycles. The molecule has 1 N–H and O–H groups in total. The van der Waals surface area contributed by atoms with Crippen LogP contribution in [-0.2, 0) is 13.6 Å². The van der Waals surface area contributed by atoms with Crippen LogP contribution in [0, 0.1) is 5.92 Å². The molecule has 1 unspecified atom stereocenters. The molecule has 1 aliphatic rings. The summed E-state index contributed by atoms with van der Waals surface area (Å²) < 4.78 is 7.40. The van der Waals surface area contributed by atoms with Gasteiger partial charge in [0.15, 0.2) is 5.96 Å². The highest BCUT2D eigenvalue weighted by atomic mass is 127. The van der Waals surface area contributed by atoms with E-state index in [-0.39, 0.29) is 24.0 Å². The quantitative estimate of drug-likeness (QED) is 0.350. The summed E-state index contributed by atoms with van der Waals surface area (Å²) in [5.74, 6) is 2.39. The molecule has 8 heteroatoms. The van der Waals surface area contributed by atoms with Crippen molar-refractivity contribution in [3.05, 3.63) is 47.2 Å². The highest BCUT2D eigenvalue weighted by Crippen LogP contribution is 2.26. The van der Waals surface area contributed by atoms with E-state index in [2.05, 4.69) is 36.8 Å². The van der Waals surface area contributed by atoms with Crippen LogP contribution in [0.3, 0.4) is 0 Å². The molecule has 6 nitrogen and oxygen atoms in total. The van der Waals surface area contributed by atoms with E-state index in [4.69, 9.17) is 16.3 Å². The number of hydrogen-bond acceptors (Lipinski definition) is 3. The van der Waals surface area contributed by atoms with Gasteiger partial charge in [0.1, 0.15) is 5.75 Å². The summed E-state index contributed by atoms with van der Waals surface area (Å²) in [5, 5.41) is 4.30. The van der Waals surface area contributed by atoms with Gasteiger partial charge in [0, 0.05) is 64.4 Å². The molecule has 0 saturated carbocycles. The van der Waals surface area contributed by atoms with Gasteiger partial charge in [-0.25, -0.2) is 0 Å². The summed E-state index contributed by atoms with van der Waals surface area (Å²) in [6.45, 7) is 3.76. The van der Waals surface area contributed by atoms with E-state index in [0.717, 1.165) is 48.6 Å². The molecule has 29 heavy (non-hydrogen) atoms. The smallest absolute Gasteiger partial charge is 0.193 e. The topological polar surface area (TPSA) is 45.0 Å². The van der Waals surface area contributed by atoms with E-state index < -0.39 is 0 Å². The number of aliphatic imine (C=N–C) groups is 1. The molecule has 1 saturated heterocycles. The zero-order valence-electron chi connectivity index (χ0n) is 17.6. The van der Waals surface area contributed by atoms with Gasteiger partial charge in [0.2, 0.25) is 0 Å². The van der Waals surface area contributed by atoms with Crippen LogP contribution in [0.25, 0.3) is 0 Å². The molecule has 3 rings (SSSR count). The lowest BCUT2D eigenvalue weighted by Gasteiger charge is -2.24. The summed E-state index contributed by atoms with van der Waals surface area (Å²) in [4.78, 5) is 8.99. The van der Waals surface area contributed by atoms with Crippen LogP contribution in [0.15, 0.2) is 41.5 Å². The van der Waals surface area contributed by atoms with Crippen LogP contribution >= 0.6 is 35.6 Å². The number of nitrogens with one attached hydrogen (secondary N) is 1. The Bertz CT molecular complexity index is 825. The average molecular weight is 532 g/mol. The largest absolute Gasteiger partial charge is 0.497 e. The van der Waals surface area contributed by atoms with Crippen molar-refractivity contribution in [3.8, 4) is 5.75 Å². The molecule has 1 aliphatic heterocycles. The van der Waals surface area contributed by atoms with Crippen molar-refractivity contribution in [2.24, 2.45) is 18.0 Å². The van der Waals surface area contributed by atoms with E-state index in [9.17, 15) is 0 Å². The molecule has 0 aliphatic carbocycles. The maximum atomic E-state index is 6.10. The SMILES string of the molecule is CN=C(NCC1CCN(c2cccc(OC)c2)C1)N(C)Cc1cc(Cl)cn1C.I. The molecule has 1 fully saturated rings.